The van der Waals surface area contributed by atoms with E-state index in [1.54, 1.807) is 0 Å². The third-order valence-corrected chi connectivity index (χ3v) is 2.45. The molecular weight excluding hydrogens is 150 g/mol. The standard InChI is InChI=1S/C8H12F2O/c1-5-3-7(6(2)11)4-8(5,9)10/h5,7H,3-4H2,1-2H3/t5?,7-/m0/s1. The molecule has 0 aromatic rings. The van der Waals surface area contributed by atoms with Crippen molar-refractivity contribution in [2.45, 2.75) is 32.6 Å². The SMILES string of the molecule is CC(=O)[C@H]1CC(C)C(F)(F)C1. The van der Waals surface area contributed by atoms with E-state index in [0.717, 1.165) is 0 Å². The van der Waals surface area contributed by atoms with Gasteiger partial charge in [0.25, 0.3) is 5.92 Å². The van der Waals surface area contributed by atoms with Gasteiger partial charge >= 0.3 is 0 Å². The minimum Gasteiger partial charge on any atom is -0.300 e. The summed E-state index contributed by atoms with van der Waals surface area (Å²) in [6.45, 7) is 2.89. The molecule has 0 aliphatic heterocycles. The van der Waals surface area contributed by atoms with Crippen molar-refractivity contribution < 1.29 is 13.6 Å². The Hall–Kier alpha value is -0.470. The Morgan fingerprint density at radius 3 is 2.27 bits per heavy atom. The second-order valence-corrected chi connectivity index (χ2v) is 3.41. The van der Waals surface area contributed by atoms with Crippen LogP contribution in [0.1, 0.15) is 26.7 Å². The van der Waals surface area contributed by atoms with E-state index < -0.39 is 17.8 Å². The molecule has 0 bridgehead atoms. The number of halogens is 2. The molecule has 0 heterocycles. The second kappa shape index (κ2) is 2.54. The highest BCUT2D eigenvalue weighted by Crippen LogP contribution is 2.43. The van der Waals surface area contributed by atoms with Crippen LogP contribution in [-0.2, 0) is 4.79 Å². The summed E-state index contributed by atoms with van der Waals surface area (Å²) in [7, 11) is 0. The Morgan fingerprint density at radius 2 is 2.09 bits per heavy atom. The van der Waals surface area contributed by atoms with Crippen LogP contribution < -0.4 is 0 Å². The Morgan fingerprint density at radius 1 is 1.55 bits per heavy atom. The average molecular weight is 162 g/mol. The number of carbonyl (C=O) groups excluding carboxylic acids is 1. The zero-order valence-electron chi connectivity index (χ0n) is 6.73. The molecule has 1 aliphatic carbocycles. The van der Waals surface area contributed by atoms with Gasteiger partial charge in [-0.1, -0.05) is 6.92 Å². The van der Waals surface area contributed by atoms with Gasteiger partial charge in [0.1, 0.15) is 5.78 Å². The number of Topliss-reactive ketones (excluding diaryl/α,β-unsaturated/α-hetero) is 1. The van der Waals surface area contributed by atoms with Crippen molar-refractivity contribution in [3.63, 3.8) is 0 Å². The van der Waals surface area contributed by atoms with E-state index in [4.69, 9.17) is 0 Å². The first-order valence-electron chi connectivity index (χ1n) is 3.82. The zero-order chi connectivity index (χ0) is 8.65. The smallest absolute Gasteiger partial charge is 0.251 e. The molecule has 0 aromatic heterocycles. The molecule has 1 saturated carbocycles. The molecular formula is C8H12F2O. The molecule has 1 aliphatic rings. The van der Waals surface area contributed by atoms with Gasteiger partial charge in [-0.05, 0) is 13.3 Å². The van der Waals surface area contributed by atoms with Crippen molar-refractivity contribution in [3.05, 3.63) is 0 Å². The summed E-state index contributed by atoms with van der Waals surface area (Å²) >= 11 is 0. The molecule has 0 aromatic carbocycles. The monoisotopic (exact) mass is 162 g/mol. The topological polar surface area (TPSA) is 17.1 Å². The molecule has 11 heavy (non-hydrogen) atoms. The summed E-state index contributed by atoms with van der Waals surface area (Å²) in [5.74, 6) is -3.75. The summed E-state index contributed by atoms with van der Waals surface area (Å²) in [6.07, 6.45) is 0.103. The maximum Gasteiger partial charge on any atom is 0.251 e. The van der Waals surface area contributed by atoms with Crippen LogP contribution in [0, 0.1) is 11.8 Å². The van der Waals surface area contributed by atoms with Crippen LogP contribution in [0.5, 0.6) is 0 Å². The molecule has 0 spiro atoms. The molecule has 1 fully saturated rings. The Labute approximate surface area is 64.8 Å². The van der Waals surface area contributed by atoms with Gasteiger partial charge in [-0.2, -0.15) is 0 Å². The van der Waals surface area contributed by atoms with E-state index in [1.807, 2.05) is 0 Å². The lowest BCUT2D eigenvalue weighted by atomic mass is 10.0. The fourth-order valence-corrected chi connectivity index (χ4v) is 1.52. The van der Waals surface area contributed by atoms with Crippen molar-refractivity contribution >= 4 is 5.78 Å². The number of ketones is 1. The largest absolute Gasteiger partial charge is 0.300 e. The molecule has 0 radical (unpaired) electrons. The Kier molecular flexibility index (Phi) is 1.99. The lowest BCUT2D eigenvalue weighted by molar-refractivity contribution is -0.121. The van der Waals surface area contributed by atoms with Gasteiger partial charge in [-0.15, -0.1) is 0 Å². The maximum absolute atomic E-state index is 12.8. The van der Waals surface area contributed by atoms with Crippen LogP contribution in [0.15, 0.2) is 0 Å². The Bertz CT molecular complexity index is 177. The van der Waals surface area contributed by atoms with Crippen LogP contribution in [0.2, 0.25) is 0 Å². The molecule has 0 amide bonds. The van der Waals surface area contributed by atoms with Crippen LogP contribution in [0.4, 0.5) is 8.78 Å². The van der Waals surface area contributed by atoms with E-state index in [9.17, 15) is 13.6 Å². The first kappa shape index (κ1) is 8.62. The van der Waals surface area contributed by atoms with Gasteiger partial charge in [0.15, 0.2) is 0 Å². The number of carbonyl (C=O) groups is 1. The average Bonchev–Trinajstić information content (AvgIpc) is 2.08. The number of rotatable bonds is 1. The highest BCUT2D eigenvalue weighted by molar-refractivity contribution is 5.78. The van der Waals surface area contributed by atoms with Crippen LogP contribution >= 0.6 is 0 Å². The highest BCUT2D eigenvalue weighted by Gasteiger charge is 2.47. The molecule has 1 unspecified atom stereocenters. The lowest BCUT2D eigenvalue weighted by Gasteiger charge is -2.12. The van der Waals surface area contributed by atoms with Gasteiger partial charge in [0, 0.05) is 18.3 Å². The normalized spacial score (nSPS) is 35.6. The highest BCUT2D eigenvalue weighted by atomic mass is 19.3. The molecule has 0 saturated heterocycles. The summed E-state index contributed by atoms with van der Waals surface area (Å²) < 4.78 is 25.6. The van der Waals surface area contributed by atoms with Crippen molar-refractivity contribution in [2.75, 3.05) is 0 Å². The lowest BCUT2D eigenvalue weighted by Crippen LogP contribution is -2.18. The number of hydrogen-bond acceptors (Lipinski definition) is 1. The van der Waals surface area contributed by atoms with E-state index in [1.165, 1.54) is 13.8 Å². The van der Waals surface area contributed by atoms with E-state index in [0.29, 0.717) is 6.42 Å². The summed E-state index contributed by atoms with van der Waals surface area (Å²) in [5, 5.41) is 0. The van der Waals surface area contributed by atoms with Crippen LogP contribution in [-0.4, -0.2) is 11.7 Å². The third kappa shape index (κ3) is 1.57. The minimum atomic E-state index is -2.61. The summed E-state index contributed by atoms with van der Waals surface area (Å²) in [5.41, 5.74) is 0. The van der Waals surface area contributed by atoms with E-state index >= 15 is 0 Å². The molecule has 1 nitrogen and oxygen atoms in total. The Balaban J connectivity index is 2.64. The third-order valence-electron chi connectivity index (χ3n) is 2.45. The number of hydrogen-bond donors (Lipinski definition) is 0. The molecule has 0 N–H and O–H groups in total. The summed E-state index contributed by atoms with van der Waals surface area (Å²) in [6, 6.07) is 0. The molecule has 64 valence electrons. The predicted molar refractivity (Wildman–Crippen MR) is 37.5 cm³/mol. The quantitative estimate of drug-likeness (QED) is 0.578. The van der Waals surface area contributed by atoms with E-state index in [2.05, 4.69) is 0 Å². The predicted octanol–water partition coefficient (Wildman–Crippen LogP) is 2.26. The van der Waals surface area contributed by atoms with Gasteiger partial charge < -0.3 is 0 Å². The second-order valence-electron chi connectivity index (χ2n) is 3.41. The van der Waals surface area contributed by atoms with Gasteiger partial charge in [0.05, 0.1) is 0 Å². The van der Waals surface area contributed by atoms with Crippen molar-refractivity contribution in [1.82, 2.24) is 0 Å². The van der Waals surface area contributed by atoms with Crippen LogP contribution in [0.3, 0.4) is 0 Å². The first-order valence-corrected chi connectivity index (χ1v) is 3.82. The first-order chi connectivity index (χ1) is 4.93. The maximum atomic E-state index is 12.8. The zero-order valence-corrected chi connectivity index (χ0v) is 6.73. The molecule has 1 rings (SSSR count). The molecule has 2 atom stereocenters. The number of alkyl halides is 2. The van der Waals surface area contributed by atoms with Crippen molar-refractivity contribution in [1.29, 1.82) is 0 Å². The molecule has 3 heteroatoms. The van der Waals surface area contributed by atoms with Gasteiger partial charge in [0.2, 0.25) is 0 Å². The minimum absolute atomic E-state index is 0.103. The van der Waals surface area contributed by atoms with Crippen LogP contribution in [0.25, 0.3) is 0 Å². The van der Waals surface area contributed by atoms with Crippen molar-refractivity contribution in [3.8, 4) is 0 Å². The van der Waals surface area contributed by atoms with E-state index in [-0.39, 0.29) is 12.2 Å². The van der Waals surface area contributed by atoms with Gasteiger partial charge in [-0.25, -0.2) is 8.78 Å². The fraction of sp³-hybridized carbons (Fsp3) is 0.875. The van der Waals surface area contributed by atoms with Gasteiger partial charge in [-0.3, -0.25) is 4.79 Å². The fourth-order valence-electron chi connectivity index (χ4n) is 1.52. The summed E-state index contributed by atoms with van der Waals surface area (Å²) in [4.78, 5) is 10.7. The van der Waals surface area contributed by atoms with Crippen molar-refractivity contribution in [2.24, 2.45) is 11.8 Å².